The maximum atomic E-state index is 13.1. The van der Waals surface area contributed by atoms with Crippen molar-refractivity contribution in [3.63, 3.8) is 0 Å². The summed E-state index contributed by atoms with van der Waals surface area (Å²) in [5, 5.41) is 0. The topological polar surface area (TPSA) is 34.1 Å². The van der Waals surface area contributed by atoms with Crippen LogP contribution in [0.3, 0.4) is 0 Å². The zero-order valence-electron chi connectivity index (χ0n) is 15.3. The summed E-state index contributed by atoms with van der Waals surface area (Å²) in [6.07, 6.45) is 0. The van der Waals surface area contributed by atoms with Crippen molar-refractivity contribution in [2.45, 2.75) is 12.8 Å². The molecule has 0 aliphatic carbocycles. The Kier molecular flexibility index (Phi) is 5.77. The van der Waals surface area contributed by atoms with Gasteiger partial charge < -0.3 is 0 Å². The average molecular weight is 354 g/mol. The molecule has 0 unspecified atom stereocenters. The molecule has 0 amide bonds. The number of benzene rings is 3. The van der Waals surface area contributed by atoms with Crippen molar-refractivity contribution in [2.24, 2.45) is 5.92 Å². The van der Waals surface area contributed by atoms with Crippen LogP contribution in [0.2, 0.25) is 0 Å². The molecule has 2 nitrogen and oxygen atoms in total. The standard InChI is InChI=1S/C25H22O2/c1-18(24(26)21-14-8-4-9-15-21)23(20-12-6-3-7-13-20)19(2)25(27)22-16-10-5-11-17-22/h3-17,19,23H,1H2,2H3/t19-,23+/m0/s1. The van der Waals surface area contributed by atoms with Gasteiger partial charge in [0.15, 0.2) is 11.6 Å². The molecular formula is C25H22O2. The summed E-state index contributed by atoms with van der Waals surface area (Å²) in [6, 6.07) is 27.9. The Morgan fingerprint density at radius 1 is 0.704 bits per heavy atom. The predicted octanol–water partition coefficient (Wildman–Crippen LogP) is 5.73. The Morgan fingerprint density at radius 3 is 1.67 bits per heavy atom. The number of hydrogen-bond acceptors (Lipinski definition) is 2. The SMILES string of the molecule is C=C(C(=O)c1ccccc1)[C@@H](c1ccccc1)[C@H](C)C(=O)c1ccccc1. The van der Waals surface area contributed by atoms with Crippen LogP contribution in [0, 0.1) is 5.92 Å². The largest absolute Gasteiger partial charge is 0.294 e. The minimum Gasteiger partial charge on any atom is -0.294 e. The molecule has 0 aromatic heterocycles. The fourth-order valence-corrected chi connectivity index (χ4v) is 3.38. The maximum Gasteiger partial charge on any atom is 0.189 e. The lowest BCUT2D eigenvalue weighted by atomic mass is 9.76. The van der Waals surface area contributed by atoms with Crippen LogP contribution in [-0.4, -0.2) is 11.6 Å². The van der Waals surface area contributed by atoms with E-state index in [0.717, 1.165) is 5.56 Å². The van der Waals surface area contributed by atoms with E-state index in [2.05, 4.69) is 6.58 Å². The third-order valence-electron chi connectivity index (χ3n) is 4.83. The second-order valence-corrected chi connectivity index (χ2v) is 6.63. The molecule has 3 rings (SSSR count). The number of rotatable bonds is 7. The Morgan fingerprint density at radius 2 is 1.15 bits per heavy atom. The van der Waals surface area contributed by atoms with Crippen LogP contribution in [0.25, 0.3) is 0 Å². The highest BCUT2D eigenvalue weighted by Crippen LogP contribution is 2.35. The molecule has 2 heteroatoms. The average Bonchev–Trinajstić information content (AvgIpc) is 2.74. The second kappa shape index (κ2) is 8.41. The molecule has 0 aliphatic heterocycles. The van der Waals surface area contributed by atoms with Gasteiger partial charge in [-0.15, -0.1) is 0 Å². The van der Waals surface area contributed by atoms with E-state index >= 15 is 0 Å². The molecule has 3 aromatic rings. The Hall–Kier alpha value is -3.26. The smallest absolute Gasteiger partial charge is 0.189 e. The number of allylic oxidation sites excluding steroid dienone is 1. The molecule has 0 radical (unpaired) electrons. The lowest BCUT2D eigenvalue weighted by Gasteiger charge is -2.25. The minimum atomic E-state index is -0.407. The van der Waals surface area contributed by atoms with Crippen LogP contribution in [0.5, 0.6) is 0 Å². The minimum absolute atomic E-state index is 0.00599. The first kappa shape index (κ1) is 18.5. The van der Waals surface area contributed by atoms with Gasteiger partial charge in [0.05, 0.1) is 0 Å². The van der Waals surface area contributed by atoms with Crippen LogP contribution in [0.15, 0.2) is 103 Å². The molecule has 0 heterocycles. The Bertz CT molecular complexity index is 928. The van der Waals surface area contributed by atoms with E-state index in [4.69, 9.17) is 0 Å². The zero-order valence-corrected chi connectivity index (χ0v) is 15.3. The van der Waals surface area contributed by atoms with E-state index in [1.54, 1.807) is 12.1 Å². The van der Waals surface area contributed by atoms with Crippen LogP contribution < -0.4 is 0 Å². The lowest BCUT2D eigenvalue weighted by Crippen LogP contribution is -2.24. The third-order valence-corrected chi connectivity index (χ3v) is 4.83. The summed E-state index contributed by atoms with van der Waals surface area (Å²) in [5.74, 6) is -0.912. The van der Waals surface area contributed by atoms with Gasteiger partial charge in [0.25, 0.3) is 0 Å². The van der Waals surface area contributed by atoms with Crippen molar-refractivity contribution in [3.05, 3.63) is 120 Å². The molecule has 0 saturated carbocycles. The van der Waals surface area contributed by atoms with Crippen molar-refractivity contribution in [1.82, 2.24) is 0 Å². The van der Waals surface area contributed by atoms with Gasteiger partial charge in [0, 0.05) is 28.5 Å². The number of carbonyl (C=O) groups excluding carboxylic acids is 2. The second-order valence-electron chi connectivity index (χ2n) is 6.63. The van der Waals surface area contributed by atoms with Crippen molar-refractivity contribution in [2.75, 3.05) is 0 Å². The summed E-state index contributed by atoms with van der Waals surface area (Å²) in [4.78, 5) is 26.1. The van der Waals surface area contributed by atoms with Crippen molar-refractivity contribution < 1.29 is 9.59 Å². The van der Waals surface area contributed by atoms with Gasteiger partial charge in [-0.05, 0) is 5.56 Å². The van der Waals surface area contributed by atoms with Crippen molar-refractivity contribution >= 4 is 11.6 Å². The van der Waals surface area contributed by atoms with E-state index in [0.29, 0.717) is 16.7 Å². The van der Waals surface area contributed by atoms with Crippen LogP contribution in [-0.2, 0) is 0 Å². The monoisotopic (exact) mass is 354 g/mol. The van der Waals surface area contributed by atoms with Gasteiger partial charge in [-0.3, -0.25) is 9.59 Å². The highest BCUT2D eigenvalue weighted by Gasteiger charge is 2.31. The molecule has 2 atom stereocenters. The van der Waals surface area contributed by atoms with Crippen LogP contribution >= 0.6 is 0 Å². The molecule has 0 spiro atoms. The predicted molar refractivity (Wildman–Crippen MR) is 109 cm³/mol. The third kappa shape index (κ3) is 4.12. The van der Waals surface area contributed by atoms with E-state index in [9.17, 15) is 9.59 Å². The van der Waals surface area contributed by atoms with E-state index in [-0.39, 0.29) is 17.5 Å². The molecular weight excluding hydrogens is 332 g/mol. The first-order valence-corrected chi connectivity index (χ1v) is 9.02. The number of Topliss-reactive ketones (excluding diaryl/α,β-unsaturated/α-hetero) is 2. The van der Waals surface area contributed by atoms with Crippen molar-refractivity contribution in [3.8, 4) is 0 Å². The fourth-order valence-electron chi connectivity index (χ4n) is 3.38. The van der Waals surface area contributed by atoms with Crippen molar-refractivity contribution in [1.29, 1.82) is 0 Å². The quantitative estimate of drug-likeness (QED) is 0.401. The summed E-state index contributed by atoms with van der Waals surface area (Å²) in [5.41, 5.74) is 2.58. The van der Waals surface area contributed by atoms with Gasteiger partial charge in [0.1, 0.15) is 0 Å². The normalized spacial score (nSPS) is 12.8. The first-order valence-electron chi connectivity index (χ1n) is 9.02. The molecule has 0 aliphatic rings. The first-order chi connectivity index (χ1) is 13.1. The van der Waals surface area contributed by atoms with Crippen LogP contribution in [0.4, 0.5) is 0 Å². The number of ketones is 2. The van der Waals surface area contributed by atoms with Crippen LogP contribution in [0.1, 0.15) is 39.1 Å². The van der Waals surface area contributed by atoms with Gasteiger partial charge in [-0.25, -0.2) is 0 Å². The fraction of sp³-hybridized carbons (Fsp3) is 0.120. The molecule has 0 fully saturated rings. The molecule has 0 bridgehead atoms. The zero-order chi connectivity index (χ0) is 19.2. The summed E-state index contributed by atoms with van der Waals surface area (Å²) in [6.45, 7) is 5.97. The molecule has 27 heavy (non-hydrogen) atoms. The summed E-state index contributed by atoms with van der Waals surface area (Å²) >= 11 is 0. The van der Waals surface area contributed by atoms with E-state index < -0.39 is 5.92 Å². The Balaban J connectivity index is 1.98. The van der Waals surface area contributed by atoms with E-state index in [1.165, 1.54) is 0 Å². The summed E-state index contributed by atoms with van der Waals surface area (Å²) in [7, 11) is 0. The highest BCUT2D eigenvalue weighted by molar-refractivity contribution is 6.10. The number of carbonyl (C=O) groups is 2. The summed E-state index contributed by atoms with van der Waals surface area (Å²) < 4.78 is 0. The molecule has 134 valence electrons. The van der Waals surface area contributed by atoms with E-state index in [1.807, 2.05) is 85.8 Å². The lowest BCUT2D eigenvalue weighted by molar-refractivity contribution is 0.0913. The van der Waals surface area contributed by atoms with Gasteiger partial charge in [0.2, 0.25) is 0 Å². The highest BCUT2D eigenvalue weighted by atomic mass is 16.1. The number of hydrogen-bond donors (Lipinski definition) is 0. The Labute approximate surface area is 160 Å². The van der Waals surface area contributed by atoms with Gasteiger partial charge in [-0.2, -0.15) is 0 Å². The molecule has 0 N–H and O–H groups in total. The molecule has 3 aromatic carbocycles. The maximum absolute atomic E-state index is 13.1. The molecule has 0 saturated heterocycles. The van der Waals surface area contributed by atoms with Gasteiger partial charge >= 0.3 is 0 Å². The van der Waals surface area contributed by atoms with Gasteiger partial charge in [-0.1, -0.05) is 104 Å².